The van der Waals surface area contributed by atoms with Gasteiger partial charge in [0.25, 0.3) is 0 Å². The fourth-order valence-corrected chi connectivity index (χ4v) is 5.78. The first-order chi connectivity index (χ1) is 16.0. The first kappa shape index (κ1) is 21.7. The highest BCUT2D eigenvalue weighted by atomic mass is 16.5. The SMILES string of the molecule is COC(=O)C1(c2ccccc2)CCN(C(=O)C2CC(=O)N(c3ccc4c(c3)CCC4)C2)CC1. The van der Waals surface area contributed by atoms with Crippen LogP contribution >= 0.6 is 0 Å². The van der Waals surface area contributed by atoms with Gasteiger partial charge in [-0.3, -0.25) is 14.4 Å². The zero-order valence-electron chi connectivity index (χ0n) is 19.1. The van der Waals surface area contributed by atoms with Crippen molar-refractivity contribution in [1.29, 1.82) is 0 Å². The predicted octanol–water partition coefficient (Wildman–Crippen LogP) is 3.26. The molecule has 0 radical (unpaired) electrons. The van der Waals surface area contributed by atoms with Crippen molar-refractivity contribution in [2.45, 2.75) is 43.9 Å². The minimum Gasteiger partial charge on any atom is -0.468 e. The van der Waals surface area contributed by atoms with Crippen LogP contribution in [0.4, 0.5) is 5.69 Å². The molecule has 5 rings (SSSR count). The van der Waals surface area contributed by atoms with Gasteiger partial charge in [-0.1, -0.05) is 36.4 Å². The fraction of sp³-hybridized carbons (Fsp3) is 0.444. The summed E-state index contributed by atoms with van der Waals surface area (Å²) >= 11 is 0. The van der Waals surface area contributed by atoms with Crippen LogP contribution in [0, 0.1) is 5.92 Å². The normalized spacial score (nSPS) is 21.7. The van der Waals surface area contributed by atoms with E-state index >= 15 is 0 Å². The molecule has 1 atom stereocenters. The molecule has 2 heterocycles. The molecule has 3 aliphatic rings. The molecular weight excluding hydrogens is 416 g/mol. The second-order valence-electron chi connectivity index (χ2n) is 9.48. The van der Waals surface area contributed by atoms with Crippen LogP contribution in [-0.4, -0.2) is 49.4 Å². The van der Waals surface area contributed by atoms with Crippen LogP contribution < -0.4 is 4.90 Å². The third kappa shape index (κ3) is 3.81. The Kier molecular flexibility index (Phi) is 5.69. The number of nitrogens with zero attached hydrogens (tertiary/aromatic N) is 2. The Bertz CT molecular complexity index is 1070. The molecule has 0 saturated carbocycles. The lowest BCUT2D eigenvalue weighted by molar-refractivity contribution is -0.152. The molecule has 1 aliphatic carbocycles. The van der Waals surface area contributed by atoms with E-state index in [1.54, 1.807) is 4.90 Å². The Morgan fingerprint density at radius 3 is 2.45 bits per heavy atom. The van der Waals surface area contributed by atoms with Gasteiger partial charge < -0.3 is 14.5 Å². The van der Waals surface area contributed by atoms with E-state index in [9.17, 15) is 14.4 Å². The number of hydrogen-bond acceptors (Lipinski definition) is 4. The van der Waals surface area contributed by atoms with Crippen molar-refractivity contribution in [2.75, 3.05) is 31.6 Å². The van der Waals surface area contributed by atoms with Gasteiger partial charge in [0.1, 0.15) is 0 Å². The first-order valence-corrected chi connectivity index (χ1v) is 11.9. The van der Waals surface area contributed by atoms with Crippen molar-refractivity contribution in [3.63, 3.8) is 0 Å². The van der Waals surface area contributed by atoms with Gasteiger partial charge in [0.2, 0.25) is 11.8 Å². The molecule has 172 valence electrons. The Morgan fingerprint density at radius 2 is 1.73 bits per heavy atom. The van der Waals surface area contributed by atoms with Crippen molar-refractivity contribution in [3.8, 4) is 0 Å². The summed E-state index contributed by atoms with van der Waals surface area (Å²) in [5.74, 6) is -0.567. The number of anilines is 1. The predicted molar refractivity (Wildman–Crippen MR) is 125 cm³/mol. The molecule has 0 spiro atoms. The molecule has 1 unspecified atom stereocenters. The molecule has 2 aliphatic heterocycles. The molecule has 6 heteroatoms. The highest BCUT2D eigenvalue weighted by Gasteiger charge is 2.46. The maximum atomic E-state index is 13.3. The Hall–Kier alpha value is -3.15. The van der Waals surface area contributed by atoms with Crippen LogP contribution in [0.15, 0.2) is 48.5 Å². The summed E-state index contributed by atoms with van der Waals surface area (Å²) < 4.78 is 5.16. The smallest absolute Gasteiger partial charge is 0.316 e. The van der Waals surface area contributed by atoms with E-state index in [1.807, 2.05) is 41.3 Å². The zero-order chi connectivity index (χ0) is 23.0. The molecule has 6 nitrogen and oxygen atoms in total. The van der Waals surface area contributed by atoms with Gasteiger partial charge in [-0.15, -0.1) is 0 Å². The standard InChI is InChI=1S/C27H30N2O4/c1-33-26(32)27(22-8-3-2-4-9-22)12-14-28(15-13-27)25(31)21-17-24(30)29(18-21)23-11-10-19-6-5-7-20(19)16-23/h2-4,8-11,16,21H,5-7,12-15,17-18H2,1H3. The summed E-state index contributed by atoms with van der Waals surface area (Å²) in [5.41, 5.74) is 3.81. The van der Waals surface area contributed by atoms with E-state index < -0.39 is 5.41 Å². The third-order valence-corrected chi connectivity index (χ3v) is 7.70. The average Bonchev–Trinajstić information content (AvgIpc) is 3.49. The van der Waals surface area contributed by atoms with Gasteiger partial charge >= 0.3 is 5.97 Å². The van der Waals surface area contributed by atoms with Crippen molar-refractivity contribution >= 4 is 23.5 Å². The number of amides is 2. The quantitative estimate of drug-likeness (QED) is 0.676. The topological polar surface area (TPSA) is 66.9 Å². The molecule has 0 aromatic heterocycles. The van der Waals surface area contributed by atoms with Crippen LogP contribution in [-0.2, 0) is 37.4 Å². The monoisotopic (exact) mass is 446 g/mol. The first-order valence-electron chi connectivity index (χ1n) is 11.9. The lowest BCUT2D eigenvalue weighted by atomic mass is 9.72. The molecule has 2 aromatic rings. The number of piperidine rings is 1. The second kappa shape index (κ2) is 8.65. The fourth-order valence-electron chi connectivity index (χ4n) is 5.78. The Morgan fingerprint density at radius 1 is 1.00 bits per heavy atom. The van der Waals surface area contributed by atoms with Gasteiger partial charge in [-0.05, 0) is 60.9 Å². The Labute approximate surface area is 194 Å². The van der Waals surface area contributed by atoms with Crippen molar-refractivity contribution in [3.05, 3.63) is 65.2 Å². The van der Waals surface area contributed by atoms with E-state index in [0.29, 0.717) is 32.5 Å². The van der Waals surface area contributed by atoms with E-state index in [4.69, 9.17) is 4.74 Å². The summed E-state index contributed by atoms with van der Waals surface area (Å²) in [6.07, 6.45) is 4.61. The highest BCUT2D eigenvalue weighted by Crippen LogP contribution is 2.38. The second-order valence-corrected chi connectivity index (χ2v) is 9.48. The Balaban J connectivity index is 1.27. The number of carbonyl (C=O) groups is 3. The summed E-state index contributed by atoms with van der Waals surface area (Å²) in [6.45, 7) is 1.38. The van der Waals surface area contributed by atoms with Gasteiger partial charge in [-0.2, -0.15) is 0 Å². The molecular formula is C27H30N2O4. The van der Waals surface area contributed by atoms with E-state index in [2.05, 4.69) is 12.1 Å². The number of rotatable bonds is 4. The summed E-state index contributed by atoms with van der Waals surface area (Å²) in [7, 11) is 1.42. The largest absolute Gasteiger partial charge is 0.468 e. The molecule has 2 aromatic carbocycles. The minimum absolute atomic E-state index is 0.0106. The van der Waals surface area contributed by atoms with Crippen LogP contribution in [0.25, 0.3) is 0 Å². The van der Waals surface area contributed by atoms with Crippen molar-refractivity contribution < 1.29 is 19.1 Å². The van der Waals surface area contributed by atoms with E-state index in [1.165, 1.54) is 24.7 Å². The van der Waals surface area contributed by atoms with Crippen LogP contribution in [0.3, 0.4) is 0 Å². The maximum Gasteiger partial charge on any atom is 0.316 e. The van der Waals surface area contributed by atoms with Crippen LogP contribution in [0.5, 0.6) is 0 Å². The number of esters is 1. The molecule has 33 heavy (non-hydrogen) atoms. The maximum absolute atomic E-state index is 13.3. The van der Waals surface area contributed by atoms with Crippen molar-refractivity contribution in [1.82, 2.24) is 4.90 Å². The number of ether oxygens (including phenoxy) is 1. The number of benzene rings is 2. The number of aryl methyl sites for hydroxylation is 2. The van der Waals surface area contributed by atoms with Gasteiger partial charge in [0.05, 0.1) is 18.4 Å². The van der Waals surface area contributed by atoms with Crippen molar-refractivity contribution in [2.24, 2.45) is 5.92 Å². The summed E-state index contributed by atoms with van der Waals surface area (Å²) in [6, 6.07) is 16.0. The zero-order valence-corrected chi connectivity index (χ0v) is 19.1. The summed E-state index contributed by atoms with van der Waals surface area (Å²) in [5, 5.41) is 0. The number of likely N-dealkylation sites (tertiary alicyclic amines) is 1. The van der Waals surface area contributed by atoms with Crippen LogP contribution in [0.2, 0.25) is 0 Å². The molecule has 2 fully saturated rings. The number of hydrogen-bond donors (Lipinski definition) is 0. The number of carbonyl (C=O) groups excluding carboxylic acids is 3. The number of fused-ring (bicyclic) bond motifs is 1. The minimum atomic E-state index is -0.727. The molecule has 2 amide bonds. The summed E-state index contributed by atoms with van der Waals surface area (Å²) in [4.78, 5) is 42.5. The molecule has 2 saturated heterocycles. The van der Waals surface area contributed by atoms with Crippen LogP contribution in [0.1, 0.15) is 42.4 Å². The van der Waals surface area contributed by atoms with Gasteiger partial charge in [0.15, 0.2) is 0 Å². The molecule has 0 bridgehead atoms. The highest BCUT2D eigenvalue weighted by molar-refractivity contribution is 6.00. The number of methoxy groups -OCH3 is 1. The van der Waals surface area contributed by atoms with E-state index in [0.717, 1.165) is 24.1 Å². The van der Waals surface area contributed by atoms with E-state index in [-0.39, 0.29) is 30.1 Å². The molecule has 0 N–H and O–H groups in total. The van der Waals surface area contributed by atoms with Gasteiger partial charge in [0, 0.05) is 31.7 Å². The lowest BCUT2D eigenvalue weighted by Gasteiger charge is -2.40. The van der Waals surface area contributed by atoms with Gasteiger partial charge in [-0.25, -0.2) is 0 Å². The third-order valence-electron chi connectivity index (χ3n) is 7.70. The average molecular weight is 447 g/mol. The lowest BCUT2D eigenvalue weighted by Crippen LogP contribution is -2.51.